The van der Waals surface area contributed by atoms with Crippen LogP contribution >= 0.6 is 0 Å². The Morgan fingerprint density at radius 2 is 1.78 bits per heavy atom. The molecule has 11 nitrogen and oxygen atoms in total. The topological polar surface area (TPSA) is 164 Å². The Bertz CT molecular complexity index is 1380. The van der Waals surface area contributed by atoms with E-state index in [-0.39, 0.29) is 41.7 Å². The fourth-order valence-corrected chi connectivity index (χ4v) is 6.31. The third-order valence-electron chi connectivity index (χ3n) is 9.62. The van der Waals surface area contributed by atoms with Gasteiger partial charge in [-0.3, -0.25) is 4.79 Å². The van der Waals surface area contributed by atoms with E-state index in [9.17, 15) is 34.4 Å². The number of hydrogen-bond acceptors (Lipinski definition) is 10. The van der Waals surface area contributed by atoms with Gasteiger partial charge in [0.05, 0.1) is 18.3 Å². The van der Waals surface area contributed by atoms with Crippen molar-refractivity contribution in [2.45, 2.75) is 103 Å². The molecule has 1 saturated heterocycles. The van der Waals surface area contributed by atoms with Crippen LogP contribution in [0.5, 0.6) is 11.5 Å². The van der Waals surface area contributed by atoms with Gasteiger partial charge in [-0.2, -0.15) is 0 Å². The lowest BCUT2D eigenvalue weighted by Crippen LogP contribution is -2.56. The molecule has 8 atom stereocenters. The number of amides is 1. The molecule has 4 rings (SSSR count). The molecule has 0 radical (unpaired) electrons. The molecule has 2 heterocycles. The number of halogens is 1. The maximum Gasteiger partial charge on any atom is 0.342 e. The number of benzene rings is 2. The first-order valence-corrected chi connectivity index (χ1v) is 15.5. The first-order valence-electron chi connectivity index (χ1n) is 15.5. The van der Waals surface area contributed by atoms with Gasteiger partial charge in [-0.05, 0) is 54.0 Å². The van der Waals surface area contributed by atoms with Crippen molar-refractivity contribution in [1.29, 1.82) is 0 Å². The van der Waals surface area contributed by atoms with Crippen LogP contribution < -0.4 is 5.32 Å². The number of esters is 1. The molecule has 46 heavy (non-hydrogen) atoms. The summed E-state index contributed by atoms with van der Waals surface area (Å²) in [5.74, 6) is -2.81. The number of phenols is 2. The summed E-state index contributed by atoms with van der Waals surface area (Å²) in [5.41, 5.74) is 1.33. The quantitative estimate of drug-likeness (QED) is 0.171. The van der Waals surface area contributed by atoms with Gasteiger partial charge in [-0.15, -0.1) is 0 Å². The van der Waals surface area contributed by atoms with E-state index in [2.05, 4.69) is 5.32 Å². The van der Waals surface area contributed by atoms with Crippen molar-refractivity contribution in [3.63, 3.8) is 0 Å². The number of nitrogens with one attached hydrogen (secondary N) is 1. The van der Waals surface area contributed by atoms with Crippen molar-refractivity contribution in [1.82, 2.24) is 5.32 Å². The van der Waals surface area contributed by atoms with Gasteiger partial charge in [-0.25, -0.2) is 9.18 Å². The van der Waals surface area contributed by atoms with Gasteiger partial charge >= 0.3 is 5.97 Å². The molecule has 1 fully saturated rings. The predicted molar refractivity (Wildman–Crippen MR) is 165 cm³/mol. The van der Waals surface area contributed by atoms with E-state index in [0.717, 1.165) is 6.07 Å². The van der Waals surface area contributed by atoms with E-state index in [1.54, 1.807) is 26.0 Å². The maximum absolute atomic E-state index is 13.3. The van der Waals surface area contributed by atoms with Crippen LogP contribution in [-0.4, -0.2) is 89.4 Å². The molecule has 0 unspecified atom stereocenters. The van der Waals surface area contributed by atoms with Crippen molar-refractivity contribution in [2.24, 2.45) is 11.3 Å². The van der Waals surface area contributed by atoms with E-state index in [1.807, 2.05) is 13.8 Å². The number of aliphatic hydroxyl groups is 2. The molecular weight excluding hydrogens is 601 g/mol. The molecule has 12 heteroatoms. The number of phenolic OH excluding ortho intramolecular Hbond substituents is 2. The number of aliphatic hydroxyl groups excluding tert-OH is 2. The molecule has 0 bridgehead atoms. The van der Waals surface area contributed by atoms with Gasteiger partial charge in [0.15, 0.2) is 12.3 Å². The minimum atomic E-state index is -1.54. The van der Waals surface area contributed by atoms with Gasteiger partial charge < -0.3 is 44.7 Å². The number of methoxy groups -OCH3 is 2. The zero-order valence-corrected chi connectivity index (χ0v) is 27.2. The standard InChI is InChI=1S/C34H46FNO10/c1-17-21-14-26(46-33(42)29(21)24(39)15-22(17)37)18(2)23(38)16-28-34(3,4)12-11-25(45-28)32(44-6)36-31(41)30(40)27(43-5)13-19-7-9-20(35)10-8-19/h7-10,15,18,23,25-28,30,32,37-40H,11-14,16H2,1-6H3,(H,36,41)/t18-,23+,25+,26-,27+,28-,30+,32+/m1/s1. The zero-order chi connectivity index (χ0) is 33.9. The number of carbonyl (C=O) groups is 2. The van der Waals surface area contributed by atoms with E-state index < -0.39 is 66.5 Å². The number of hydrogen-bond donors (Lipinski definition) is 5. The Balaban J connectivity index is 1.40. The second kappa shape index (κ2) is 14.6. The highest BCUT2D eigenvalue weighted by Gasteiger charge is 2.44. The Hall–Kier alpha value is -3.29. The third kappa shape index (κ3) is 7.80. The summed E-state index contributed by atoms with van der Waals surface area (Å²) in [5, 5.41) is 45.3. The highest BCUT2D eigenvalue weighted by molar-refractivity contribution is 5.96. The van der Waals surface area contributed by atoms with Crippen molar-refractivity contribution < 1.29 is 53.4 Å². The van der Waals surface area contributed by atoms with E-state index >= 15 is 0 Å². The van der Waals surface area contributed by atoms with Crippen LogP contribution in [0.2, 0.25) is 0 Å². The molecule has 1 amide bonds. The molecule has 0 saturated carbocycles. The Kier molecular flexibility index (Phi) is 11.3. The number of ether oxygens (including phenoxy) is 4. The van der Waals surface area contributed by atoms with Crippen LogP contribution in [0.4, 0.5) is 4.39 Å². The minimum Gasteiger partial charge on any atom is -0.508 e. The largest absolute Gasteiger partial charge is 0.508 e. The number of rotatable bonds is 12. The second-order valence-corrected chi connectivity index (χ2v) is 13.1. The van der Waals surface area contributed by atoms with Crippen molar-refractivity contribution in [3.8, 4) is 11.5 Å². The summed E-state index contributed by atoms with van der Waals surface area (Å²) in [6.45, 7) is 7.49. The smallest absolute Gasteiger partial charge is 0.342 e. The summed E-state index contributed by atoms with van der Waals surface area (Å²) in [6.07, 6.45) is -4.21. The van der Waals surface area contributed by atoms with Crippen LogP contribution in [0.3, 0.4) is 0 Å². The molecule has 2 aromatic rings. The van der Waals surface area contributed by atoms with Gasteiger partial charge in [0, 0.05) is 45.5 Å². The molecule has 2 aromatic carbocycles. The summed E-state index contributed by atoms with van der Waals surface area (Å²) in [6, 6.07) is 6.83. The number of aromatic hydroxyl groups is 2. The average molecular weight is 648 g/mol. The van der Waals surface area contributed by atoms with Crippen LogP contribution in [0.1, 0.15) is 67.1 Å². The fraction of sp³-hybridized carbons (Fsp3) is 0.588. The second-order valence-electron chi connectivity index (χ2n) is 13.1. The molecule has 254 valence electrons. The highest BCUT2D eigenvalue weighted by atomic mass is 19.1. The lowest BCUT2D eigenvalue weighted by Gasteiger charge is -2.45. The summed E-state index contributed by atoms with van der Waals surface area (Å²) in [7, 11) is 2.80. The lowest BCUT2D eigenvalue weighted by atomic mass is 9.75. The molecular formula is C34H46FNO10. The first kappa shape index (κ1) is 35.6. The average Bonchev–Trinajstić information content (AvgIpc) is 3.02. The third-order valence-corrected chi connectivity index (χ3v) is 9.62. The number of cyclic esters (lactones) is 1. The zero-order valence-electron chi connectivity index (χ0n) is 27.2. The van der Waals surface area contributed by atoms with Gasteiger partial charge in [0.25, 0.3) is 5.91 Å². The van der Waals surface area contributed by atoms with Crippen LogP contribution in [-0.2, 0) is 36.6 Å². The van der Waals surface area contributed by atoms with Crippen molar-refractivity contribution in [3.05, 3.63) is 58.4 Å². The minimum absolute atomic E-state index is 0.0258. The van der Waals surface area contributed by atoms with Gasteiger partial charge in [-0.1, -0.05) is 32.9 Å². The van der Waals surface area contributed by atoms with Gasteiger partial charge in [0.2, 0.25) is 0 Å². The Labute approximate surface area is 268 Å². The summed E-state index contributed by atoms with van der Waals surface area (Å²) >= 11 is 0. The van der Waals surface area contributed by atoms with Crippen LogP contribution in [0.15, 0.2) is 30.3 Å². The Morgan fingerprint density at radius 1 is 1.11 bits per heavy atom. The van der Waals surface area contributed by atoms with E-state index in [4.69, 9.17) is 18.9 Å². The van der Waals surface area contributed by atoms with Crippen LogP contribution in [0.25, 0.3) is 0 Å². The normalized spacial score (nSPS) is 24.2. The van der Waals surface area contributed by atoms with E-state index in [0.29, 0.717) is 29.5 Å². The molecule has 0 spiro atoms. The number of carbonyl (C=O) groups excluding carboxylic acids is 2. The summed E-state index contributed by atoms with van der Waals surface area (Å²) in [4.78, 5) is 25.9. The monoisotopic (exact) mass is 647 g/mol. The predicted octanol–water partition coefficient (Wildman–Crippen LogP) is 3.30. The molecule has 0 aromatic heterocycles. The van der Waals surface area contributed by atoms with Crippen molar-refractivity contribution in [2.75, 3.05) is 14.2 Å². The van der Waals surface area contributed by atoms with Crippen molar-refractivity contribution >= 4 is 11.9 Å². The van der Waals surface area contributed by atoms with E-state index in [1.165, 1.54) is 26.4 Å². The first-order chi connectivity index (χ1) is 21.7. The number of fused-ring (bicyclic) bond motifs is 1. The Morgan fingerprint density at radius 3 is 2.41 bits per heavy atom. The molecule has 5 N–H and O–H groups in total. The molecule has 2 aliphatic heterocycles. The SMILES string of the molecule is CO[C@@H](Cc1ccc(F)cc1)[C@H](O)C(=O)N[C@@H](OC)[C@@H]1CCC(C)(C)[C@@H](C[C@H](O)[C@@H](C)[C@H]2Cc3c(C)c(O)cc(O)c3C(=O)O2)O1. The summed E-state index contributed by atoms with van der Waals surface area (Å²) < 4.78 is 36.3. The molecule has 2 aliphatic rings. The van der Waals surface area contributed by atoms with Crippen LogP contribution in [0, 0.1) is 24.1 Å². The maximum atomic E-state index is 13.3. The van der Waals surface area contributed by atoms with Gasteiger partial charge in [0.1, 0.15) is 35.1 Å². The lowest BCUT2D eigenvalue weighted by molar-refractivity contribution is -0.183. The fourth-order valence-electron chi connectivity index (χ4n) is 6.31. The molecule has 0 aliphatic carbocycles. The highest BCUT2D eigenvalue weighted by Crippen LogP contribution is 2.41.